The number of likely N-dealkylation sites (tertiary alicyclic amines) is 1. The van der Waals surface area contributed by atoms with Gasteiger partial charge in [0.05, 0.1) is 13.2 Å². The van der Waals surface area contributed by atoms with E-state index in [0.717, 1.165) is 32.7 Å². The van der Waals surface area contributed by atoms with Crippen LogP contribution >= 0.6 is 0 Å². The van der Waals surface area contributed by atoms with Gasteiger partial charge in [-0.1, -0.05) is 6.92 Å². The van der Waals surface area contributed by atoms with Gasteiger partial charge in [-0.3, -0.25) is 4.90 Å². The molecule has 4 nitrogen and oxygen atoms in total. The molecule has 2 aliphatic rings. The second-order valence-corrected chi connectivity index (χ2v) is 5.49. The van der Waals surface area contributed by atoms with Gasteiger partial charge in [-0.15, -0.1) is 0 Å². The average Bonchev–Trinajstić information content (AvgIpc) is 2.88. The van der Waals surface area contributed by atoms with Crippen LogP contribution in [-0.4, -0.2) is 55.5 Å². The Bertz CT molecular complexity index is 229. The van der Waals surface area contributed by atoms with Crippen molar-refractivity contribution >= 4 is 0 Å². The molecule has 2 heterocycles. The Morgan fingerprint density at radius 2 is 2.38 bits per heavy atom. The quantitative estimate of drug-likeness (QED) is 0.714. The van der Waals surface area contributed by atoms with E-state index in [1.807, 2.05) is 0 Å². The fourth-order valence-corrected chi connectivity index (χ4v) is 3.01. The molecule has 0 amide bonds. The summed E-state index contributed by atoms with van der Waals surface area (Å²) >= 11 is 0. The Labute approximate surface area is 97.7 Å². The molecule has 0 aromatic rings. The summed E-state index contributed by atoms with van der Waals surface area (Å²) in [5.74, 6) is 0.599. The molecule has 3 N–H and O–H groups in total. The molecule has 0 saturated carbocycles. The topological polar surface area (TPSA) is 58.7 Å². The van der Waals surface area contributed by atoms with E-state index in [4.69, 9.17) is 10.5 Å². The van der Waals surface area contributed by atoms with Crippen molar-refractivity contribution in [2.24, 2.45) is 17.1 Å². The monoisotopic (exact) mass is 228 g/mol. The molecular weight excluding hydrogens is 204 g/mol. The van der Waals surface area contributed by atoms with Crippen LogP contribution in [0.4, 0.5) is 0 Å². The van der Waals surface area contributed by atoms with Gasteiger partial charge in [-0.05, 0) is 25.3 Å². The molecular formula is C12H24N2O2. The van der Waals surface area contributed by atoms with Crippen LogP contribution in [0.5, 0.6) is 0 Å². The van der Waals surface area contributed by atoms with E-state index >= 15 is 0 Å². The summed E-state index contributed by atoms with van der Waals surface area (Å²) in [7, 11) is 0. The van der Waals surface area contributed by atoms with Gasteiger partial charge in [0.1, 0.15) is 0 Å². The molecule has 2 aliphatic heterocycles. The lowest BCUT2D eigenvalue weighted by atomic mass is 9.86. The third-order valence-corrected chi connectivity index (χ3v) is 4.34. The Balaban J connectivity index is 1.97. The number of hydrogen-bond donors (Lipinski definition) is 2. The zero-order valence-corrected chi connectivity index (χ0v) is 10.2. The van der Waals surface area contributed by atoms with Gasteiger partial charge in [0.25, 0.3) is 0 Å². The lowest BCUT2D eigenvalue weighted by Gasteiger charge is -2.34. The van der Waals surface area contributed by atoms with Crippen LogP contribution in [-0.2, 0) is 4.74 Å². The van der Waals surface area contributed by atoms with Gasteiger partial charge in [0.15, 0.2) is 0 Å². The third kappa shape index (κ3) is 2.25. The maximum absolute atomic E-state index is 9.43. The molecule has 2 rings (SSSR count). The molecule has 0 bridgehead atoms. The summed E-state index contributed by atoms with van der Waals surface area (Å²) in [4.78, 5) is 2.41. The SMILES string of the molecule is CC1CCN(CC2(CN)CCOC2)C1CO. The second kappa shape index (κ2) is 5.00. The van der Waals surface area contributed by atoms with Crippen molar-refractivity contribution in [2.75, 3.05) is 39.5 Å². The molecule has 2 saturated heterocycles. The predicted octanol–water partition coefficient (Wildman–Crippen LogP) is 0.0545. The lowest BCUT2D eigenvalue weighted by Crippen LogP contribution is -2.46. The number of rotatable bonds is 4. The maximum atomic E-state index is 9.43. The standard InChI is InChI=1S/C12H24N2O2/c1-10-2-4-14(11(10)6-15)8-12(7-13)3-5-16-9-12/h10-11,15H,2-9,13H2,1H3. The fraction of sp³-hybridized carbons (Fsp3) is 1.00. The van der Waals surface area contributed by atoms with Crippen LogP contribution in [0.2, 0.25) is 0 Å². The maximum Gasteiger partial charge on any atom is 0.0589 e. The number of ether oxygens (including phenoxy) is 1. The van der Waals surface area contributed by atoms with Gasteiger partial charge in [-0.25, -0.2) is 0 Å². The third-order valence-electron chi connectivity index (χ3n) is 4.34. The van der Waals surface area contributed by atoms with E-state index in [1.54, 1.807) is 0 Å². The highest BCUT2D eigenvalue weighted by atomic mass is 16.5. The van der Waals surface area contributed by atoms with Crippen molar-refractivity contribution in [1.82, 2.24) is 4.90 Å². The van der Waals surface area contributed by atoms with Gasteiger partial charge in [0.2, 0.25) is 0 Å². The number of nitrogens with zero attached hydrogens (tertiary/aromatic N) is 1. The Hall–Kier alpha value is -0.160. The van der Waals surface area contributed by atoms with Gasteiger partial charge in [-0.2, -0.15) is 0 Å². The van der Waals surface area contributed by atoms with Crippen molar-refractivity contribution < 1.29 is 9.84 Å². The molecule has 3 atom stereocenters. The number of nitrogens with two attached hydrogens (primary N) is 1. The first-order valence-corrected chi connectivity index (χ1v) is 6.33. The Morgan fingerprint density at radius 1 is 1.56 bits per heavy atom. The van der Waals surface area contributed by atoms with Crippen LogP contribution in [0.15, 0.2) is 0 Å². The molecule has 94 valence electrons. The van der Waals surface area contributed by atoms with Gasteiger partial charge in [0, 0.05) is 31.2 Å². The normalized spacial score (nSPS) is 40.7. The smallest absolute Gasteiger partial charge is 0.0589 e. The minimum Gasteiger partial charge on any atom is -0.395 e. The molecule has 0 aliphatic carbocycles. The minimum absolute atomic E-state index is 0.136. The highest BCUT2D eigenvalue weighted by Crippen LogP contribution is 2.32. The number of aliphatic hydroxyl groups excluding tert-OH is 1. The number of hydrogen-bond acceptors (Lipinski definition) is 4. The summed E-state index contributed by atoms with van der Waals surface area (Å²) in [6.07, 6.45) is 2.25. The zero-order chi connectivity index (χ0) is 11.6. The summed E-state index contributed by atoms with van der Waals surface area (Å²) in [5, 5.41) is 9.43. The summed E-state index contributed by atoms with van der Waals surface area (Å²) in [6, 6.07) is 0.323. The minimum atomic E-state index is 0.136. The van der Waals surface area contributed by atoms with E-state index in [2.05, 4.69) is 11.8 Å². The first kappa shape index (κ1) is 12.3. The summed E-state index contributed by atoms with van der Waals surface area (Å²) in [6.45, 7) is 6.88. The molecule has 4 heteroatoms. The van der Waals surface area contributed by atoms with Crippen LogP contribution in [0.1, 0.15) is 19.8 Å². The first-order chi connectivity index (χ1) is 7.71. The van der Waals surface area contributed by atoms with E-state index < -0.39 is 0 Å². The lowest BCUT2D eigenvalue weighted by molar-refractivity contribution is 0.0791. The summed E-state index contributed by atoms with van der Waals surface area (Å²) < 4.78 is 5.49. The Kier molecular flexibility index (Phi) is 3.85. The van der Waals surface area contributed by atoms with Crippen molar-refractivity contribution in [1.29, 1.82) is 0 Å². The van der Waals surface area contributed by atoms with Crippen molar-refractivity contribution in [3.63, 3.8) is 0 Å². The predicted molar refractivity (Wildman–Crippen MR) is 63.2 cm³/mol. The first-order valence-electron chi connectivity index (χ1n) is 6.33. The average molecular weight is 228 g/mol. The van der Waals surface area contributed by atoms with E-state index in [9.17, 15) is 5.11 Å². The molecule has 0 spiro atoms. The molecule has 16 heavy (non-hydrogen) atoms. The highest BCUT2D eigenvalue weighted by Gasteiger charge is 2.40. The van der Waals surface area contributed by atoms with Crippen molar-refractivity contribution in [3.8, 4) is 0 Å². The van der Waals surface area contributed by atoms with Gasteiger partial charge >= 0.3 is 0 Å². The highest BCUT2D eigenvalue weighted by molar-refractivity contribution is 4.92. The fourth-order valence-electron chi connectivity index (χ4n) is 3.01. The van der Waals surface area contributed by atoms with Crippen LogP contribution in [0.3, 0.4) is 0 Å². The van der Waals surface area contributed by atoms with Crippen molar-refractivity contribution in [2.45, 2.75) is 25.8 Å². The van der Waals surface area contributed by atoms with Gasteiger partial charge < -0.3 is 15.6 Å². The largest absolute Gasteiger partial charge is 0.395 e. The zero-order valence-electron chi connectivity index (χ0n) is 10.2. The van der Waals surface area contributed by atoms with Crippen LogP contribution in [0, 0.1) is 11.3 Å². The van der Waals surface area contributed by atoms with E-state index in [0.29, 0.717) is 18.5 Å². The summed E-state index contributed by atoms with van der Waals surface area (Å²) in [5.41, 5.74) is 6.04. The molecule has 0 aromatic carbocycles. The molecule has 3 unspecified atom stereocenters. The molecule has 2 fully saturated rings. The van der Waals surface area contributed by atoms with E-state index in [1.165, 1.54) is 6.42 Å². The molecule has 0 aromatic heterocycles. The molecule has 0 radical (unpaired) electrons. The van der Waals surface area contributed by atoms with E-state index in [-0.39, 0.29) is 12.0 Å². The number of aliphatic hydroxyl groups is 1. The second-order valence-electron chi connectivity index (χ2n) is 5.49. The van der Waals surface area contributed by atoms with Crippen LogP contribution in [0.25, 0.3) is 0 Å². The Morgan fingerprint density at radius 3 is 2.94 bits per heavy atom. The van der Waals surface area contributed by atoms with Crippen LogP contribution < -0.4 is 5.73 Å². The van der Waals surface area contributed by atoms with Crippen molar-refractivity contribution in [3.05, 3.63) is 0 Å².